The highest BCUT2D eigenvalue weighted by Crippen LogP contribution is 2.42. The van der Waals surface area contributed by atoms with Crippen molar-refractivity contribution >= 4 is 22.8 Å². The van der Waals surface area contributed by atoms with E-state index in [-0.39, 0.29) is 18.4 Å². The molecule has 0 unspecified atom stereocenters. The molecule has 2 aromatic rings. The summed E-state index contributed by atoms with van der Waals surface area (Å²) in [5.41, 5.74) is 2.70. The number of esters is 1. The molecule has 10 atom stereocenters. The van der Waals surface area contributed by atoms with Crippen molar-refractivity contribution < 1.29 is 54.1 Å². The number of hydrogen-bond acceptors (Lipinski definition) is 11. The number of aliphatic carboxylic acids is 1. The van der Waals surface area contributed by atoms with Crippen LogP contribution in [-0.4, -0.2) is 99.2 Å². The Balaban J connectivity index is 1.47. The minimum Gasteiger partial charge on any atom is -0.480 e. The van der Waals surface area contributed by atoms with E-state index < -0.39 is 79.5 Å². The van der Waals surface area contributed by atoms with Gasteiger partial charge in [-0.1, -0.05) is 24.3 Å². The summed E-state index contributed by atoms with van der Waals surface area (Å²) in [5, 5.41) is 54.3. The lowest BCUT2D eigenvalue weighted by Gasteiger charge is -2.43. The van der Waals surface area contributed by atoms with E-state index in [0.29, 0.717) is 0 Å². The Labute approximate surface area is 235 Å². The van der Waals surface area contributed by atoms with Gasteiger partial charge >= 0.3 is 11.9 Å². The number of H-pyrrole nitrogens is 1. The van der Waals surface area contributed by atoms with E-state index in [9.17, 15) is 35.1 Å². The zero-order valence-corrected chi connectivity index (χ0v) is 22.3. The van der Waals surface area contributed by atoms with Crippen molar-refractivity contribution in [2.45, 2.75) is 61.9 Å². The van der Waals surface area contributed by atoms with Gasteiger partial charge in [0.15, 0.2) is 6.29 Å². The first kappa shape index (κ1) is 29.2. The van der Waals surface area contributed by atoms with Crippen molar-refractivity contribution in [3.05, 3.63) is 60.0 Å². The van der Waals surface area contributed by atoms with Gasteiger partial charge in [0.1, 0.15) is 30.5 Å². The van der Waals surface area contributed by atoms with Gasteiger partial charge in [-0.05, 0) is 18.1 Å². The summed E-state index contributed by atoms with van der Waals surface area (Å²) in [4.78, 5) is 28.3. The molecule has 41 heavy (non-hydrogen) atoms. The number of benzene rings is 1. The lowest BCUT2D eigenvalue weighted by molar-refractivity contribution is -0.339. The van der Waals surface area contributed by atoms with Gasteiger partial charge in [0, 0.05) is 40.9 Å². The lowest BCUT2D eigenvalue weighted by atomic mass is 9.77. The summed E-state index contributed by atoms with van der Waals surface area (Å²) >= 11 is 0. The fourth-order valence-electron chi connectivity index (χ4n) is 5.95. The molecule has 0 saturated carbocycles. The largest absolute Gasteiger partial charge is 0.480 e. The predicted octanol–water partition coefficient (Wildman–Crippen LogP) is -0.154. The van der Waals surface area contributed by atoms with Crippen LogP contribution < -0.4 is 5.32 Å². The first-order chi connectivity index (χ1) is 19.7. The fraction of sp³-hybridized carbons (Fsp3) is 0.500. The van der Waals surface area contributed by atoms with Crippen LogP contribution in [0.15, 0.2) is 48.8 Å². The van der Waals surface area contributed by atoms with Gasteiger partial charge in [0.05, 0.1) is 25.6 Å². The number of ether oxygens (including phenoxy) is 4. The first-order valence-electron chi connectivity index (χ1n) is 13.3. The monoisotopic (exact) mass is 574 g/mol. The topological polar surface area (TPSA) is 200 Å². The van der Waals surface area contributed by atoms with E-state index in [1.807, 2.05) is 24.3 Å². The molecule has 0 amide bonds. The molecule has 4 heterocycles. The number of methoxy groups -OCH3 is 1. The molecular weight excluding hydrogens is 540 g/mol. The van der Waals surface area contributed by atoms with Gasteiger partial charge in [-0.2, -0.15) is 0 Å². The molecule has 5 rings (SSSR count). The molecule has 3 aliphatic heterocycles. The molecule has 7 N–H and O–H groups in total. The molecule has 222 valence electrons. The number of aliphatic hydroxyl groups is 4. The number of carboxylic acids is 1. The van der Waals surface area contributed by atoms with Crippen molar-refractivity contribution in [1.29, 1.82) is 0 Å². The number of carbonyl (C=O) groups excluding carboxylic acids is 1. The quantitative estimate of drug-likeness (QED) is 0.163. The van der Waals surface area contributed by atoms with E-state index in [1.165, 1.54) is 19.4 Å². The Kier molecular flexibility index (Phi) is 8.47. The molecular formula is C28H34N2O11. The van der Waals surface area contributed by atoms with Crippen LogP contribution in [-0.2, 0) is 35.0 Å². The van der Waals surface area contributed by atoms with Gasteiger partial charge in [-0.25, -0.2) is 4.79 Å². The smallest absolute Gasteiger partial charge is 0.337 e. The second-order valence-corrected chi connectivity index (χ2v) is 10.4. The molecule has 0 aliphatic carbocycles. The van der Waals surface area contributed by atoms with E-state index in [0.717, 1.165) is 22.2 Å². The number of rotatable bonds is 8. The van der Waals surface area contributed by atoms with Crippen LogP contribution in [0.4, 0.5) is 0 Å². The zero-order valence-electron chi connectivity index (χ0n) is 22.3. The minimum atomic E-state index is -1.67. The van der Waals surface area contributed by atoms with Crippen LogP contribution in [0.25, 0.3) is 10.9 Å². The summed E-state index contributed by atoms with van der Waals surface area (Å²) in [6, 6.07) is 6.20. The van der Waals surface area contributed by atoms with Gasteiger partial charge in [0.2, 0.25) is 6.29 Å². The Morgan fingerprint density at radius 3 is 2.59 bits per heavy atom. The molecule has 1 saturated heterocycles. The molecule has 13 heteroatoms. The third kappa shape index (κ3) is 5.37. The molecule has 13 nitrogen and oxygen atoms in total. The zero-order chi connectivity index (χ0) is 29.4. The molecule has 3 aliphatic rings. The van der Waals surface area contributed by atoms with Crippen LogP contribution in [0.2, 0.25) is 0 Å². The number of aromatic nitrogens is 1. The van der Waals surface area contributed by atoms with Gasteiger partial charge in [-0.3, -0.25) is 10.1 Å². The highest BCUT2D eigenvalue weighted by Gasteiger charge is 2.48. The molecule has 0 spiro atoms. The van der Waals surface area contributed by atoms with Gasteiger partial charge < -0.3 is 49.5 Å². The van der Waals surface area contributed by atoms with E-state index in [2.05, 4.69) is 16.9 Å². The first-order valence-corrected chi connectivity index (χ1v) is 13.3. The van der Waals surface area contributed by atoms with Crippen LogP contribution in [0.5, 0.6) is 0 Å². The normalized spacial score (nSPS) is 35.2. The molecule has 1 aromatic carbocycles. The Hall–Kier alpha value is -3.30. The van der Waals surface area contributed by atoms with Crippen LogP contribution >= 0.6 is 0 Å². The van der Waals surface area contributed by atoms with Crippen molar-refractivity contribution in [2.24, 2.45) is 11.8 Å². The maximum Gasteiger partial charge on any atom is 0.337 e. The average Bonchev–Trinajstić information content (AvgIpc) is 3.36. The number of para-hydroxylation sites is 1. The third-order valence-electron chi connectivity index (χ3n) is 8.11. The summed E-state index contributed by atoms with van der Waals surface area (Å²) in [6.45, 7) is 3.26. The number of nitrogens with one attached hydrogen (secondary N) is 2. The maximum absolute atomic E-state index is 12.8. The molecule has 1 aromatic heterocycles. The summed E-state index contributed by atoms with van der Waals surface area (Å²) in [6.07, 6.45) is -5.57. The standard InChI is InChI=1S/C28H34N2O11/c1-3-12-14(8-18-21-15(9-19(29-18)25(35)36)13-6-4-5-7-17(13)30-21)16(26(37)38-2)11-39-27(12)41-28-24(34)23(33)22(32)20(10-31)40-28/h3-7,11-12,14,18-20,22-24,27-34H,1,8-10H2,2H3,(H,35,36)/t12-,14-,18-,19+,20-,22-,23+,24-,27+,28+/m1/s1. The second-order valence-electron chi connectivity index (χ2n) is 10.4. The second kappa shape index (κ2) is 11.9. The fourth-order valence-corrected chi connectivity index (χ4v) is 5.95. The van der Waals surface area contributed by atoms with Crippen molar-refractivity contribution in [2.75, 3.05) is 13.7 Å². The van der Waals surface area contributed by atoms with Crippen molar-refractivity contribution in [1.82, 2.24) is 10.3 Å². The number of carboxylic acid groups (broad SMARTS) is 1. The summed E-state index contributed by atoms with van der Waals surface area (Å²) in [5.74, 6) is -3.06. The van der Waals surface area contributed by atoms with Crippen LogP contribution in [0, 0.1) is 11.8 Å². The molecule has 1 fully saturated rings. The Morgan fingerprint density at radius 2 is 1.90 bits per heavy atom. The van der Waals surface area contributed by atoms with E-state index >= 15 is 0 Å². The summed E-state index contributed by atoms with van der Waals surface area (Å²) in [7, 11) is 1.23. The van der Waals surface area contributed by atoms with Crippen LogP contribution in [0.3, 0.4) is 0 Å². The number of hydrogen-bond donors (Lipinski definition) is 7. The number of carbonyl (C=O) groups is 2. The highest BCUT2D eigenvalue weighted by molar-refractivity contribution is 5.89. The van der Waals surface area contributed by atoms with Crippen LogP contribution in [0.1, 0.15) is 23.7 Å². The van der Waals surface area contributed by atoms with Gasteiger partial charge in [0.25, 0.3) is 0 Å². The number of aromatic amines is 1. The lowest BCUT2D eigenvalue weighted by Crippen LogP contribution is -2.60. The predicted molar refractivity (Wildman–Crippen MR) is 141 cm³/mol. The van der Waals surface area contributed by atoms with Gasteiger partial charge in [-0.15, -0.1) is 6.58 Å². The number of fused-ring (bicyclic) bond motifs is 3. The minimum absolute atomic E-state index is 0.169. The Morgan fingerprint density at radius 1 is 1.15 bits per heavy atom. The van der Waals surface area contributed by atoms with Crippen molar-refractivity contribution in [3.8, 4) is 0 Å². The van der Waals surface area contributed by atoms with E-state index in [1.54, 1.807) is 0 Å². The summed E-state index contributed by atoms with van der Waals surface area (Å²) < 4.78 is 22.1. The van der Waals surface area contributed by atoms with Crippen molar-refractivity contribution in [3.63, 3.8) is 0 Å². The third-order valence-corrected chi connectivity index (χ3v) is 8.11. The molecule has 0 radical (unpaired) electrons. The highest BCUT2D eigenvalue weighted by atomic mass is 16.8. The Bertz CT molecular complexity index is 1320. The SMILES string of the molecule is C=C[C@H]1[C@H](O[C@@H]2O[C@H](CO)[C@@H](O)[C@H](O)[C@H]2O)OC=C(C(=O)OC)[C@@H]1C[C@H]1N[C@H](C(=O)O)Cc2c1[nH]c1ccccc21. The molecule has 0 bridgehead atoms. The average molecular weight is 575 g/mol. The number of aliphatic hydroxyl groups excluding tert-OH is 4. The maximum atomic E-state index is 12.8. The van der Waals surface area contributed by atoms with E-state index in [4.69, 9.17) is 18.9 Å².